The Morgan fingerprint density at radius 3 is 2.68 bits per heavy atom. The number of carbonyl (C=O) groups excluding carboxylic acids is 1. The molecule has 0 spiro atoms. The van der Waals surface area contributed by atoms with Crippen LogP contribution in [0.1, 0.15) is 55.6 Å². The number of nitrogens with one attached hydrogen (secondary N) is 1. The van der Waals surface area contributed by atoms with Crippen molar-refractivity contribution in [1.29, 1.82) is 0 Å². The molecule has 3 rings (SSSR count). The molecule has 4 heteroatoms. The van der Waals surface area contributed by atoms with Crippen molar-refractivity contribution in [2.24, 2.45) is 0 Å². The highest BCUT2D eigenvalue weighted by molar-refractivity contribution is 5.93. The first-order valence-corrected chi connectivity index (χ1v) is 9.34. The van der Waals surface area contributed by atoms with Crippen LogP contribution in [0.2, 0.25) is 0 Å². The lowest BCUT2D eigenvalue weighted by molar-refractivity contribution is 0.0602. The van der Waals surface area contributed by atoms with Crippen LogP contribution in [0.4, 0.5) is 11.4 Å². The van der Waals surface area contributed by atoms with Crippen molar-refractivity contribution < 1.29 is 4.79 Å². The number of nitrogens with zero attached hydrogens (tertiary/aromatic N) is 2. The van der Waals surface area contributed by atoms with E-state index in [9.17, 15) is 4.79 Å². The van der Waals surface area contributed by atoms with Gasteiger partial charge in [0.05, 0.1) is 0 Å². The fourth-order valence-corrected chi connectivity index (χ4v) is 3.46. The van der Waals surface area contributed by atoms with Crippen LogP contribution in [0.5, 0.6) is 0 Å². The molecule has 1 amide bonds. The highest BCUT2D eigenvalue weighted by Gasteiger charge is 2.26. The van der Waals surface area contributed by atoms with Crippen LogP contribution in [0, 0.1) is 0 Å². The summed E-state index contributed by atoms with van der Waals surface area (Å²) in [6.45, 7) is 5.14. The first-order valence-electron chi connectivity index (χ1n) is 9.34. The molecule has 1 fully saturated rings. The highest BCUT2D eigenvalue weighted by Crippen LogP contribution is 2.23. The number of hydrogen-bond acceptors (Lipinski definition) is 3. The zero-order valence-corrected chi connectivity index (χ0v) is 15.2. The van der Waals surface area contributed by atoms with Crippen molar-refractivity contribution >= 4 is 17.3 Å². The number of piperidine rings is 1. The summed E-state index contributed by atoms with van der Waals surface area (Å²) in [7, 11) is 0. The van der Waals surface area contributed by atoms with Gasteiger partial charge in [0.1, 0.15) is 5.69 Å². The molecule has 1 aliphatic rings. The highest BCUT2D eigenvalue weighted by atomic mass is 16.2. The monoisotopic (exact) mass is 337 g/mol. The van der Waals surface area contributed by atoms with Crippen LogP contribution < -0.4 is 5.32 Å². The number of likely N-dealkylation sites (tertiary alicyclic amines) is 1. The fourth-order valence-electron chi connectivity index (χ4n) is 3.46. The number of amides is 1. The zero-order chi connectivity index (χ0) is 17.6. The molecule has 0 saturated carbocycles. The summed E-state index contributed by atoms with van der Waals surface area (Å²) in [6, 6.07) is 12.5. The summed E-state index contributed by atoms with van der Waals surface area (Å²) < 4.78 is 0. The third-order valence-electron chi connectivity index (χ3n) is 4.99. The maximum absolute atomic E-state index is 12.9. The first kappa shape index (κ1) is 17.5. The molecule has 1 aromatic carbocycles. The number of benzene rings is 1. The third-order valence-corrected chi connectivity index (χ3v) is 4.99. The second-order valence-corrected chi connectivity index (χ2v) is 6.66. The number of hydrogen-bond donors (Lipinski definition) is 1. The minimum Gasteiger partial charge on any atom is -0.355 e. The number of aromatic nitrogens is 1. The number of carbonyl (C=O) groups is 1. The summed E-state index contributed by atoms with van der Waals surface area (Å²) in [5, 5.41) is 3.37. The van der Waals surface area contributed by atoms with Crippen LogP contribution in [0.3, 0.4) is 0 Å². The van der Waals surface area contributed by atoms with E-state index in [1.165, 1.54) is 12.0 Å². The van der Waals surface area contributed by atoms with Gasteiger partial charge in [0, 0.05) is 30.2 Å². The Hall–Kier alpha value is -2.36. The number of aryl methyl sites for hydroxylation is 1. The van der Waals surface area contributed by atoms with Gasteiger partial charge in [0.15, 0.2) is 0 Å². The van der Waals surface area contributed by atoms with Crippen LogP contribution in [-0.4, -0.2) is 28.4 Å². The van der Waals surface area contributed by atoms with Gasteiger partial charge >= 0.3 is 0 Å². The zero-order valence-electron chi connectivity index (χ0n) is 15.2. The molecule has 1 aromatic heterocycles. The van der Waals surface area contributed by atoms with Crippen molar-refractivity contribution in [3.63, 3.8) is 0 Å². The second-order valence-electron chi connectivity index (χ2n) is 6.66. The molecule has 1 atom stereocenters. The van der Waals surface area contributed by atoms with Gasteiger partial charge in [-0.15, -0.1) is 0 Å². The lowest BCUT2D eigenvalue weighted by Gasteiger charge is -2.35. The Bertz CT molecular complexity index is 711. The average Bonchev–Trinajstić information content (AvgIpc) is 2.68. The fraction of sp³-hybridized carbons (Fsp3) is 0.429. The summed E-state index contributed by atoms with van der Waals surface area (Å²) >= 11 is 0. The standard InChI is InChI=1S/C21H27N3O/c1-3-16-8-10-17(11-9-16)23-18-12-13-22-20(15-18)21(25)24-14-6-5-7-19(24)4-2/h8-13,15,19H,3-7,14H2,1-2H3,(H,22,23). The van der Waals surface area contributed by atoms with Gasteiger partial charge in [-0.05, 0) is 61.9 Å². The molecule has 0 radical (unpaired) electrons. The molecule has 4 nitrogen and oxygen atoms in total. The molecule has 0 bridgehead atoms. The number of rotatable bonds is 5. The summed E-state index contributed by atoms with van der Waals surface area (Å²) in [5.74, 6) is 0.0523. The van der Waals surface area contributed by atoms with E-state index in [4.69, 9.17) is 0 Å². The third kappa shape index (κ3) is 4.19. The second kappa shape index (κ2) is 8.15. The molecular weight excluding hydrogens is 310 g/mol. The molecule has 1 aliphatic heterocycles. The molecule has 132 valence electrons. The van der Waals surface area contributed by atoms with Crippen LogP contribution in [0.25, 0.3) is 0 Å². The van der Waals surface area contributed by atoms with Crippen LogP contribution in [-0.2, 0) is 6.42 Å². The Morgan fingerprint density at radius 2 is 1.96 bits per heavy atom. The van der Waals surface area contributed by atoms with Gasteiger partial charge in [-0.25, -0.2) is 0 Å². The maximum Gasteiger partial charge on any atom is 0.272 e. The maximum atomic E-state index is 12.9. The topological polar surface area (TPSA) is 45.2 Å². The van der Waals surface area contributed by atoms with Crippen molar-refractivity contribution in [2.75, 3.05) is 11.9 Å². The molecule has 1 N–H and O–H groups in total. The van der Waals surface area contributed by atoms with Crippen molar-refractivity contribution in [2.45, 2.75) is 52.0 Å². The molecule has 2 heterocycles. The van der Waals surface area contributed by atoms with Gasteiger partial charge in [-0.1, -0.05) is 26.0 Å². The van der Waals surface area contributed by atoms with Crippen molar-refractivity contribution in [1.82, 2.24) is 9.88 Å². The normalized spacial score (nSPS) is 17.4. The van der Waals surface area contributed by atoms with E-state index in [0.717, 1.165) is 43.6 Å². The lowest BCUT2D eigenvalue weighted by Crippen LogP contribution is -2.43. The Morgan fingerprint density at radius 1 is 1.16 bits per heavy atom. The average molecular weight is 337 g/mol. The molecule has 1 unspecified atom stereocenters. The lowest BCUT2D eigenvalue weighted by atomic mass is 9.99. The van der Waals surface area contributed by atoms with Crippen LogP contribution in [0.15, 0.2) is 42.6 Å². The van der Waals surface area contributed by atoms with E-state index in [1.54, 1.807) is 6.20 Å². The minimum atomic E-state index is 0.0523. The predicted molar refractivity (Wildman–Crippen MR) is 102 cm³/mol. The molecule has 0 aliphatic carbocycles. The summed E-state index contributed by atoms with van der Waals surface area (Å²) in [5.41, 5.74) is 3.75. The van der Waals surface area contributed by atoms with E-state index in [2.05, 4.69) is 48.4 Å². The Labute approximate surface area is 150 Å². The molecule has 25 heavy (non-hydrogen) atoms. The Balaban J connectivity index is 1.74. The van der Waals surface area contributed by atoms with E-state index in [1.807, 2.05) is 17.0 Å². The number of anilines is 2. The van der Waals surface area contributed by atoms with Gasteiger partial charge < -0.3 is 10.2 Å². The summed E-state index contributed by atoms with van der Waals surface area (Å²) in [6.07, 6.45) is 7.15. The van der Waals surface area contributed by atoms with Gasteiger partial charge in [-0.3, -0.25) is 9.78 Å². The van der Waals surface area contributed by atoms with Gasteiger partial charge in [0.25, 0.3) is 5.91 Å². The van der Waals surface area contributed by atoms with Gasteiger partial charge in [-0.2, -0.15) is 0 Å². The van der Waals surface area contributed by atoms with Crippen LogP contribution >= 0.6 is 0 Å². The molecule has 1 saturated heterocycles. The largest absolute Gasteiger partial charge is 0.355 e. The molecule has 2 aromatic rings. The first-order chi connectivity index (χ1) is 12.2. The van der Waals surface area contributed by atoms with Gasteiger partial charge in [0.2, 0.25) is 0 Å². The Kier molecular flexibility index (Phi) is 5.69. The van der Waals surface area contributed by atoms with E-state index in [0.29, 0.717) is 11.7 Å². The minimum absolute atomic E-state index is 0.0523. The van der Waals surface area contributed by atoms with E-state index in [-0.39, 0.29) is 5.91 Å². The SMILES string of the molecule is CCc1ccc(Nc2ccnc(C(=O)N3CCCCC3CC)c2)cc1. The smallest absolute Gasteiger partial charge is 0.272 e. The van der Waals surface area contributed by atoms with Crippen molar-refractivity contribution in [3.8, 4) is 0 Å². The predicted octanol–water partition coefficient (Wildman–Crippen LogP) is 4.79. The number of pyridine rings is 1. The molecular formula is C21H27N3O. The summed E-state index contributed by atoms with van der Waals surface area (Å²) in [4.78, 5) is 19.2. The van der Waals surface area contributed by atoms with E-state index < -0.39 is 0 Å². The quantitative estimate of drug-likeness (QED) is 0.853. The van der Waals surface area contributed by atoms with E-state index >= 15 is 0 Å². The van der Waals surface area contributed by atoms with Crippen molar-refractivity contribution in [3.05, 3.63) is 53.9 Å².